The Bertz CT molecular complexity index is 663. The number of nitrogens with one attached hydrogen (secondary N) is 1. The monoisotopic (exact) mass is 346 g/mol. The first-order valence-electron chi connectivity index (χ1n) is 6.91. The molecule has 1 N–H and O–H groups in total. The maximum absolute atomic E-state index is 12.0. The fraction of sp³-hybridized carbons (Fsp3) is 0.500. The van der Waals surface area contributed by atoms with Gasteiger partial charge in [0.1, 0.15) is 5.75 Å². The molecule has 0 aliphatic carbocycles. The van der Waals surface area contributed by atoms with Gasteiger partial charge in [-0.2, -0.15) is 0 Å². The molecule has 1 atom stereocenters. The van der Waals surface area contributed by atoms with Crippen molar-refractivity contribution < 1.29 is 17.9 Å². The number of amides is 1. The van der Waals surface area contributed by atoms with Crippen LogP contribution < -0.4 is 10.1 Å². The third-order valence-corrected chi connectivity index (χ3v) is 5.05. The summed E-state index contributed by atoms with van der Waals surface area (Å²) in [6.45, 7) is 0.760. The summed E-state index contributed by atoms with van der Waals surface area (Å²) in [6.07, 6.45) is 1.63. The molecule has 1 aliphatic rings. The minimum absolute atomic E-state index is 0.200. The molecule has 0 unspecified atom stereocenters. The van der Waals surface area contributed by atoms with Gasteiger partial charge in [-0.25, -0.2) is 12.7 Å². The van der Waals surface area contributed by atoms with Crippen LogP contribution in [0.3, 0.4) is 0 Å². The lowest BCUT2D eigenvalue weighted by Crippen LogP contribution is -2.39. The Labute approximate surface area is 135 Å². The van der Waals surface area contributed by atoms with E-state index < -0.39 is 16.1 Å². The van der Waals surface area contributed by atoms with E-state index in [1.165, 1.54) is 11.4 Å². The molecular weight excluding hydrogens is 328 g/mol. The van der Waals surface area contributed by atoms with Crippen LogP contribution in [-0.4, -0.2) is 51.1 Å². The van der Waals surface area contributed by atoms with Crippen molar-refractivity contribution in [2.75, 3.05) is 26.4 Å². The molecule has 22 heavy (non-hydrogen) atoms. The Morgan fingerprint density at radius 1 is 1.50 bits per heavy atom. The average Bonchev–Trinajstić information content (AvgIpc) is 2.85. The number of benzene rings is 1. The molecule has 0 radical (unpaired) electrons. The largest absolute Gasteiger partial charge is 0.480 e. The van der Waals surface area contributed by atoms with E-state index in [0.29, 0.717) is 36.7 Å². The highest BCUT2D eigenvalue weighted by atomic mass is 35.5. The smallest absolute Gasteiger partial charge is 0.261 e. The second kappa shape index (κ2) is 6.85. The number of ether oxygens (including phenoxy) is 1. The zero-order valence-corrected chi connectivity index (χ0v) is 14.1. The number of carbonyl (C=O) groups excluding carboxylic acids is 1. The molecule has 0 fully saturated rings. The standard InChI is InChI=1S/C14H19ClN2O4S/c1-17(22(2,19)20)7-3-6-16-14(18)13-9-10-8-11(15)4-5-12(10)21-13/h4-5,8,13H,3,6-7,9H2,1-2H3,(H,16,18)/t13-/m1/s1. The van der Waals surface area contributed by atoms with Crippen LogP contribution in [0, 0.1) is 0 Å². The van der Waals surface area contributed by atoms with E-state index in [9.17, 15) is 13.2 Å². The van der Waals surface area contributed by atoms with E-state index in [1.807, 2.05) is 0 Å². The number of fused-ring (bicyclic) bond motifs is 1. The first kappa shape index (κ1) is 17.1. The molecule has 1 aliphatic heterocycles. The molecule has 0 aromatic heterocycles. The summed E-state index contributed by atoms with van der Waals surface area (Å²) in [6, 6.07) is 5.28. The average molecular weight is 347 g/mol. The van der Waals surface area contributed by atoms with Crippen molar-refractivity contribution in [3.63, 3.8) is 0 Å². The van der Waals surface area contributed by atoms with Crippen molar-refractivity contribution in [3.05, 3.63) is 28.8 Å². The summed E-state index contributed by atoms with van der Waals surface area (Å²) in [5.74, 6) is 0.482. The fourth-order valence-corrected chi connectivity index (χ4v) is 2.81. The molecule has 0 saturated carbocycles. The van der Waals surface area contributed by atoms with Gasteiger partial charge in [0.25, 0.3) is 5.91 Å². The van der Waals surface area contributed by atoms with E-state index in [2.05, 4.69) is 5.32 Å². The van der Waals surface area contributed by atoms with Crippen LogP contribution in [0.4, 0.5) is 0 Å². The Balaban J connectivity index is 1.76. The molecule has 1 amide bonds. The molecule has 1 aromatic rings. The molecule has 122 valence electrons. The first-order chi connectivity index (χ1) is 10.3. The highest BCUT2D eigenvalue weighted by Gasteiger charge is 2.28. The summed E-state index contributed by atoms with van der Waals surface area (Å²) in [5, 5.41) is 3.38. The number of hydrogen-bond acceptors (Lipinski definition) is 4. The van der Waals surface area contributed by atoms with Gasteiger partial charge in [-0.05, 0) is 30.2 Å². The van der Waals surface area contributed by atoms with Crippen molar-refractivity contribution in [2.24, 2.45) is 0 Å². The molecule has 8 heteroatoms. The van der Waals surface area contributed by atoms with Crippen molar-refractivity contribution in [2.45, 2.75) is 18.9 Å². The zero-order chi connectivity index (χ0) is 16.3. The lowest BCUT2D eigenvalue weighted by molar-refractivity contribution is -0.127. The predicted octanol–water partition coefficient (Wildman–Crippen LogP) is 1.04. The highest BCUT2D eigenvalue weighted by molar-refractivity contribution is 7.88. The fourth-order valence-electron chi connectivity index (χ4n) is 2.16. The summed E-state index contributed by atoms with van der Waals surface area (Å²) < 4.78 is 29.3. The van der Waals surface area contributed by atoms with E-state index >= 15 is 0 Å². The summed E-state index contributed by atoms with van der Waals surface area (Å²) in [5.41, 5.74) is 0.921. The van der Waals surface area contributed by atoms with Crippen LogP contribution in [0.25, 0.3) is 0 Å². The van der Waals surface area contributed by atoms with Crippen LogP contribution in [-0.2, 0) is 21.2 Å². The van der Waals surface area contributed by atoms with Gasteiger partial charge in [0, 0.05) is 31.6 Å². The number of carbonyl (C=O) groups is 1. The number of rotatable bonds is 6. The first-order valence-corrected chi connectivity index (χ1v) is 9.14. The highest BCUT2D eigenvalue weighted by Crippen LogP contribution is 2.31. The van der Waals surface area contributed by atoms with Crippen LogP contribution in [0.2, 0.25) is 5.02 Å². The molecule has 0 saturated heterocycles. The Morgan fingerprint density at radius 3 is 2.91 bits per heavy atom. The van der Waals surface area contributed by atoms with E-state index in [4.69, 9.17) is 16.3 Å². The summed E-state index contributed by atoms with van der Waals surface area (Å²) in [4.78, 5) is 12.0. The molecule has 0 bridgehead atoms. The minimum Gasteiger partial charge on any atom is -0.480 e. The summed E-state index contributed by atoms with van der Waals surface area (Å²) in [7, 11) is -1.66. The van der Waals surface area contributed by atoms with Crippen molar-refractivity contribution >= 4 is 27.5 Å². The topological polar surface area (TPSA) is 75.7 Å². The second-order valence-corrected chi connectivity index (χ2v) is 7.82. The van der Waals surface area contributed by atoms with E-state index in [0.717, 1.165) is 11.8 Å². The van der Waals surface area contributed by atoms with Crippen LogP contribution >= 0.6 is 11.6 Å². The van der Waals surface area contributed by atoms with Crippen LogP contribution in [0.5, 0.6) is 5.75 Å². The molecule has 2 rings (SSSR count). The molecule has 6 nitrogen and oxygen atoms in total. The minimum atomic E-state index is -3.18. The van der Waals surface area contributed by atoms with E-state index in [1.54, 1.807) is 18.2 Å². The normalized spacial score (nSPS) is 17.2. The van der Waals surface area contributed by atoms with Gasteiger partial charge in [-0.15, -0.1) is 0 Å². The maximum atomic E-state index is 12.0. The predicted molar refractivity (Wildman–Crippen MR) is 84.7 cm³/mol. The molecule has 1 heterocycles. The quantitative estimate of drug-likeness (QED) is 0.781. The number of halogens is 1. The summed E-state index contributed by atoms with van der Waals surface area (Å²) >= 11 is 5.91. The lowest BCUT2D eigenvalue weighted by Gasteiger charge is -2.15. The Kier molecular flexibility index (Phi) is 5.31. The molecule has 1 aromatic carbocycles. The number of hydrogen-bond donors (Lipinski definition) is 1. The third-order valence-electron chi connectivity index (χ3n) is 3.50. The molecule has 0 spiro atoms. The van der Waals surface area contributed by atoms with Crippen molar-refractivity contribution in [3.8, 4) is 5.75 Å². The van der Waals surface area contributed by atoms with Crippen LogP contribution in [0.15, 0.2) is 18.2 Å². The van der Waals surface area contributed by atoms with Gasteiger partial charge in [-0.1, -0.05) is 11.6 Å². The Hall–Kier alpha value is -1.31. The van der Waals surface area contributed by atoms with Crippen LogP contribution in [0.1, 0.15) is 12.0 Å². The second-order valence-electron chi connectivity index (χ2n) is 5.29. The maximum Gasteiger partial charge on any atom is 0.261 e. The zero-order valence-electron chi connectivity index (χ0n) is 12.5. The van der Waals surface area contributed by atoms with Gasteiger partial charge in [0.15, 0.2) is 6.10 Å². The number of nitrogens with zero attached hydrogens (tertiary/aromatic N) is 1. The van der Waals surface area contributed by atoms with Gasteiger partial charge in [0.05, 0.1) is 6.26 Å². The van der Waals surface area contributed by atoms with Gasteiger partial charge < -0.3 is 10.1 Å². The third kappa shape index (κ3) is 4.34. The Morgan fingerprint density at radius 2 is 2.23 bits per heavy atom. The SMILES string of the molecule is CN(CCCNC(=O)[C@H]1Cc2cc(Cl)ccc2O1)S(C)(=O)=O. The van der Waals surface area contributed by atoms with Gasteiger partial charge in [0.2, 0.25) is 10.0 Å². The molecular formula is C14H19ClN2O4S. The van der Waals surface area contributed by atoms with Gasteiger partial charge >= 0.3 is 0 Å². The van der Waals surface area contributed by atoms with Crippen molar-refractivity contribution in [1.82, 2.24) is 9.62 Å². The van der Waals surface area contributed by atoms with E-state index in [-0.39, 0.29) is 5.91 Å². The van der Waals surface area contributed by atoms with Crippen molar-refractivity contribution in [1.29, 1.82) is 0 Å². The number of sulfonamides is 1. The lowest BCUT2D eigenvalue weighted by atomic mass is 10.1. The van der Waals surface area contributed by atoms with Gasteiger partial charge in [-0.3, -0.25) is 4.79 Å².